The summed E-state index contributed by atoms with van der Waals surface area (Å²) in [6, 6.07) is 9.05. The highest BCUT2D eigenvalue weighted by Crippen LogP contribution is 2.12. The fourth-order valence-electron chi connectivity index (χ4n) is 2.53. The van der Waals surface area contributed by atoms with Gasteiger partial charge in [0.25, 0.3) is 0 Å². The van der Waals surface area contributed by atoms with Crippen LogP contribution >= 0.6 is 0 Å². The quantitative estimate of drug-likeness (QED) is 0.581. The molecule has 0 aliphatic heterocycles. The standard InChI is InChI=1S/C18H20FN7O/c1-12-8-13(2)26(25-12)17-10-16(22-11-23-17)20-6-7-21-18(27)24-15-5-3-4-14(19)9-15/h3-5,8-11H,6-7H2,1-2H3,(H,20,22,23)(H2,21,24,27). The number of hydrogen-bond acceptors (Lipinski definition) is 5. The lowest BCUT2D eigenvalue weighted by atomic mass is 10.3. The lowest BCUT2D eigenvalue weighted by Crippen LogP contribution is -2.32. The number of nitrogens with one attached hydrogen (secondary N) is 3. The molecule has 8 nitrogen and oxygen atoms in total. The van der Waals surface area contributed by atoms with Gasteiger partial charge in [0.05, 0.1) is 5.69 Å². The minimum absolute atomic E-state index is 0.361. The number of aryl methyl sites for hydroxylation is 2. The molecule has 0 unspecified atom stereocenters. The highest BCUT2D eigenvalue weighted by Gasteiger charge is 2.07. The van der Waals surface area contributed by atoms with E-state index in [-0.39, 0.29) is 0 Å². The molecule has 3 N–H and O–H groups in total. The van der Waals surface area contributed by atoms with Crippen molar-refractivity contribution in [1.29, 1.82) is 0 Å². The van der Waals surface area contributed by atoms with Crippen molar-refractivity contribution in [2.24, 2.45) is 0 Å². The molecule has 0 saturated carbocycles. The molecule has 0 bridgehead atoms. The Bertz CT molecular complexity index is 941. The van der Waals surface area contributed by atoms with Crippen LogP contribution in [0, 0.1) is 19.7 Å². The zero-order valence-electron chi connectivity index (χ0n) is 15.0. The molecule has 2 heterocycles. The zero-order chi connectivity index (χ0) is 19.2. The Kier molecular flexibility index (Phi) is 5.60. The summed E-state index contributed by atoms with van der Waals surface area (Å²) in [5.41, 5.74) is 2.28. The second kappa shape index (κ2) is 8.26. The van der Waals surface area contributed by atoms with Gasteiger partial charge in [0.15, 0.2) is 5.82 Å². The first kappa shape index (κ1) is 18.3. The first-order valence-electron chi connectivity index (χ1n) is 8.41. The SMILES string of the molecule is Cc1cc(C)n(-c2cc(NCCNC(=O)Nc3cccc(F)c3)ncn2)n1. The minimum Gasteiger partial charge on any atom is -0.368 e. The molecule has 0 spiro atoms. The minimum atomic E-state index is -0.409. The van der Waals surface area contributed by atoms with E-state index in [9.17, 15) is 9.18 Å². The van der Waals surface area contributed by atoms with Gasteiger partial charge >= 0.3 is 6.03 Å². The van der Waals surface area contributed by atoms with Crippen LogP contribution in [0.25, 0.3) is 5.82 Å². The maximum absolute atomic E-state index is 13.1. The molecule has 0 aliphatic rings. The molecule has 0 atom stereocenters. The first-order valence-corrected chi connectivity index (χ1v) is 8.41. The zero-order valence-corrected chi connectivity index (χ0v) is 15.0. The molecular formula is C18H20FN7O. The van der Waals surface area contributed by atoms with E-state index in [0.29, 0.717) is 30.4 Å². The lowest BCUT2D eigenvalue weighted by Gasteiger charge is -2.10. The Labute approximate surface area is 155 Å². The van der Waals surface area contributed by atoms with E-state index >= 15 is 0 Å². The molecule has 2 amide bonds. The second-order valence-electron chi connectivity index (χ2n) is 5.92. The van der Waals surface area contributed by atoms with Crippen molar-refractivity contribution >= 4 is 17.5 Å². The van der Waals surface area contributed by atoms with Gasteiger partial charge in [0, 0.05) is 30.5 Å². The number of hydrogen-bond donors (Lipinski definition) is 3. The maximum Gasteiger partial charge on any atom is 0.319 e. The third-order valence-electron chi connectivity index (χ3n) is 3.68. The van der Waals surface area contributed by atoms with Crippen LogP contribution in [0.2, 0.25) is 0 Å². The molecule has 3 aromatic rings. The molecule has 2 aromatic heterocycles. The monoisotopic (exact) mass is 369 g/mol. The molecule has 0 radical (unpaired) electrons. The molecule has 0 fully saturated rings. The molecule has 9 heteroatoms. The Balaban J connectivity index is 1.48. The molecule has 1 aromatic carbocycles. The summed E-state index contributed by atoms with van der Waals surface area (Å²) in [7, 11) is 0. The smallest absolute Gasteiger partial charge is 0.319 e. The van der Waals surface area contributed by atoms with Crippen LogP contribution < -0.4 is 16.0 Å². The van der Waals surface area contributed by atoms with Crippen molar-refractivity contribution < 1.29 is 9.18 Å². The highest BCUT2D eigenvalue weighted by molar-refractivity contribution is 5.89. The predicted octanol–water partition coefficient (Wildman–Crippen LogP) is 2.65. The molecule has 0 saturated heterocycles. The molecule has 3 rings (SSSR count). The second-order valence-corrected chi connectivity index (χ2v) is 5.92. The highest BCUT2D eigenvalue weighted by atomic mass is 19.1. The van der Waals surface area contributed by atoms with Gasteiger partial charge in [-0.3, -0.25) is 0 Å². The molecule has 140 valence electrons. The Morgan fingerprint density at radius 1 is 1.15 bits per heavy atom. The van der Waals surface area contributed by atoms with Gasteiger partial charge < -0.3 is 16.0 Å². The van der Waals surface area contributed by atoms with Crippen LogP contribution in [0.5, 0.6) is 0 Å². The average Bonchev–Trinajstić information content (AvgIpc) is 2.97. The van der Waals surface area contributed by atoms with Crippen molar-refractivity contribution in [2.75, 3.05) is 23.7 Å². The van der Waals surface area contributed by atoms with Crippen LogP contribution in [-0.4, -0.2) is 38.9 Å². The van der Waals surface area contributed by atoms with E-state index in [4.69, 9.17) is 0 Å². The fraction of sp³-hybridized carbons (Fsp3) is 0.222. The third-order valence-corrected chi connectivity index (χ3v) is 3.68. The van der Waals surface area contributed by atoms with Crippen LogP contribution in [0.4, 0.5) is 20.7 Å². The summed E-state index contributed by atoms with van der Waals surface area (Å²) in [5.74, 6) is 0.881. The van der Waals surface area contributed by atoms with E-state index < -0.39 is 11.8 Å². The van der Waals surface area contributed by atoms with Crippen molar-refractivity contribution in [1.82, 2.24) is 25.1 Å². The number of amides is 2. The van der Waals surface area contributed by atoms with Gasteiger partial charge in [-0.2, -0.15) is 5.10 Å². The van der Waals surface area contributed by atoms with Crippen molar-refractivity contribution in [3.05, 3.63) is 59.9 Å². The van der Waals surface area contributed by atoms with E-state index in [0.717, 1.165) is 11.4 Å². The van der Waals surface area contributed by atoms with E-state index in [1.54, 1.807) is 16.8 Å². The summed E-state index contributed by atoms with van der Waals surface area (Å²) < 4.78 is 14.8. The van der Waals surface area contributed by atoms with Crippen molar-refractivity contribution in [3.63, 3.8) is 0 Å². The molecule has 0 aliphatic carbocycles. The summed E-state index contributed by atoms with van der Waals surface area (Å²) in [6.45, 7) is 4.70. The summed E-state index contributed by atoms with van der Waals surface area (Å²) in [5, 5.41) is 12.8. The van der Waals surface area contributed by atoms with E-state index in [1.165, 1.54) is 24.5 Å². The summed E-state index contributed by atoms with van der Waals surface area (Å²) in [6.07, 6.45) is 1.46. The fourth-order valence-corrected chi connectivity index (χ4v) is 2.53. The number of anilines is 2. The van der Waals surface area contributed by atoms with Gasteiger partial charge in [-0.15, -0.1) is 0 Å². The molecule has 27 heavy (non-hydrogen) atoms. The number of nitrogens with zero attached hydrogens (tertiary/aromatic N) is 4. The van der Waals surface area contributed by atoms with Crippen molar-refractivity contribution in [3.8, 4) is 5.82 Å². The maximum atomic E-state index is 13.1. The van der Waals surface area contributed by atoms with Crippen LogP contribution in [0.1, 0.15) is 11.4 Å². The average molecular weight is 369 g/mol. The lowest BCUT2D eigenvalue weighted by molar-refractivity contribution is 0.252. The normalized spacial score (nSPS) is 10.5. The number of carbonyl (C=O) groups is 1. The summed E-state index contributed by atoms with van der Waals surface area (Å²) in [4.78, 5) is 20.2. The van der Waals surface area contributed by atoms with Crippen molar-refractivity contribution in [2.45, 2.75) is 13.8 Å². The van der Waals surface area contributed by atoms with Gasteiger partial charge in [-0.05, 0) is 38.1 Å². The van der Waals surface area contributed by atoms with Crippen LogP contribution in [0.15, 0.2) is 42.7 Å². The van der Waals surface area contributed by atoms with Gasteiger partial charge in [-0.1, -0.05) is 6.07 Å². The number of benzene rings is 1. The number of urea groups is 1. The van der Waals surface area contributed by atoms with E-state index in [1.807, 2.05) is 19.9 Å². The van der Waals surface area contributed by atoms with Crippen LogP contribution in [-0.2, 0) is 0 Å². The van der Waals surface area contributed by atoms with E-state index in [2.05, 4.69) is 31.0 Å². The predicted molar refractivity (Wildman–Crippen MR) is 101 cm³/mol. The Hall–Kier alpha value is -3.49. The van der Waals surface area contributed by atoms with Gasteiger partial charge in [0.1, 0.15) is 18.0 Å². The van der Waals surface area contributed by atoms with Gasteiger partial charge in [-0.25, -0.2) is 23.8 Å². The number of aromatic nitrogens is 4. The van der Waals surface area contributed by atoms with Crippen LogP contribution in [0.3, 0.4) is 0 Å². The number of carbonyl (C=O) groups excluding carboxylic acids is 1. The Morgan fingerprint density at radius 3 is 2.74 bits per heavy atom. The third kappa shape index (κ3) is 5.00. The largest absolute Gasteiger partial charge is 0.368 e. The number of halogens is 1. The number of rotatable bonds is 6. The summed E-state index contributed by atoms with van der Waals surface area (Å²) >= 11 is 0. The molecular weight excluding hydrogens is 349 g/mol. The first-order chi connectivity index (χ1) is 13.0. The Morgan fingerprint density at radius 2 is 2.00 bits per heavy atom. The van der Waals surface area contributed by atoms with Gasteiger partial charge in [0.2, 0.25) is 0 Å². The topological polar surface area (TPSA) is 96.8 Å².